The van der Waals surface area contributed by atoms with E-state index in [9.17, 15) is 9.90 Å². The van der Waals surface area contributed by atoms with E-state index in [2.05, 4.69) is 28.7 Å². The predicted molar refractivity (Wildman–Crippen MR) is 113 cm³/mol. The molecule has 1 aliphatic carbocycles. The quantitative estimate of drug-likeness (QED) is 0.420. The molecule has 148 valence electrons. The van der Waals surface area contributed by atoms with Gasteiger partial charge in [-0.1, -0.05) is 53.7 Å². The van der Waals surface area contributed by atoms with Crippen molar-refractivity contribution in [3.05, 3.63) is 87.6 Å². The van der Waals surface area contributed by atoms with Gasteiger partial charge >= 0.3 is 5.97 Å². The van der Waals surface area contributed by atoms with Crippen molar-refractivity contribution in [1.82, 2.24) is 0 Å². The maximum atomic E-state index is 11.6. The Labute approximate surface area is 173 Å². The molecular formula is C23H21NO4S. The van der Waals surface area contributed by atoms with Crippen molar-refractivity contribution in [3.8, 4) is 5.75 Å². The van der Waals surface area contributed by atoms with Gasteiger partial charge in [-0.15, -0.1) is 11.3 Å². The first kappa shape index (κ1) is 19.2. The number of para-hydroxylation sites is 1. The van der Waals surface area contributed by atoms with Gasteiger partial charge in [-0.25, -0.2) is 4.79 Å². The molecule has 0 amide bonds. The number of hydrogen-bond acceptors (Lipinski definition) is 5. The lowest BCUT2D eigenvalue weighted by molar-refractivity contribution is -0.129. The second kappa shape index (κ2) is 8.49. The van der Waals surface area contributed by atoms with Gasteiger partial charge in [0.25, 0.3) is 0 Å². The predicted octanol–water partition coefficient (Wildman–Crippen LogP) is 5.03. The summed E-state index contributed by atoms with van der Waals surface area (Å²) in [7, 11) is 1.33. The number of benzene rings is 2. The van der Waals surface area contributed by atoms with Crippen LogP contribution in [0.25, 0.3) is 0 Å². The van der Waals surface area contributed by atoms with Gasteiger partial charge in [-0.3, -0.25) is 0 Å². The molecule has 0 radical (unpaired) electrons. The number of aliphatic carboxylic acids is 1. The fraction of sp³-hybridized carbons (Fsp3) is 0.217. The molecule has 0 aliphatic heterocycles. The molecule has 29 heavy (non-hydrogen) atoms. The fourth-order valence-corrected chi connectivity index (χ4v) is 4.51. The Bertz CT molecular complexity index is 1030. The minimum absolute atomic E-state index is 0.139. The van der Waals surface area contributed by atoms with Crippen molar-refractivity contribution in [1.29, 1.82) is 0 Å². The number of hydrogen-bond donors (Lipinski definition) is 1. The molecule has 3 aromatic rings. The lowest BCUT2D eigenvalue weighted by Crippen LogP contribution is -2.17. The molecule has 1 fully saturated rings. The van der Waals surface area contributed by atoms with E-state index in [4.69, 9.17) is 9.57 Å². The summed E-state index contributed by atoms with van der Waals surface area (Å²) in [6, 6.07) is 19.6. The Morgan fingerprint density at radius 2 is 1.90 bits per heavy atom. The summed E-state index contributed by atoms with van der Waals surface area (Å²) in [5.74, 6) is 0.715. The summed E-state index contributed by atoms with van der Waals surface area (Å²) in [4.78, 5) is 17.7. The van der Waals surface area contributed by atoms with Gasteiger partial charge < -0.3 is 14.7 Å². The van der Waals surface area contributed by atoms with Gasteiger partial charge in [0, 0.05) is 16.4 Å². The van der Waals surface area contributed by atoms with Crippen LogP contribution in [-0.2, 0) is 16.2 Å². The van der Waals surface area contributed by atoms with Crippen LogP contribution in [0.1, 0.15) is 39.8 Å². The third-order valence-corrected chi connectivity index (χ3v) is 6.06. The summed E-state index contributed by atoms with van der Waals surface area (Å²) in [6.45, 7) is 0.250. The Hall–Kier alpha value is -3.12. The SMILES string of the molecule is CON=C(C(=O)O)c1ccccc1COc1ccccc1C1CC1c1cccs1. The van der Waals surface area contributed by atoms with Crippen molar-refractivity contribution >= 4 is 23.0 Å². The highest BCUT2D eigenvalue weighted by Crippen LogP contribution is 2.57. The molecule has 0 saturated heterocycles. The lowest BCUT2D eigenvalue weighted by atomic mass is 10.0. The number of thiophene rings is 1. The molecule has 4 rings (SSSR count). The second-order valence-electron chi connectivity index (χ2n) is 6.88. The number of oxime groups is 1. The minimum Gasteiger partial charge on any atom is -0.489 e. The van der Waals surface area contributed by atoms with Gasteiger partial charge in [0.15, 0.2) is 5.71 Å². The molecular weight excluding hydrogens is 386 g/mol. The van der Waals surface area contributed by atoms with E-state index >= 15 is 0 Å². The van der Waals surface area contributed by atoms with Gasteiger partial charge in [0.1, 0.15) is 19.5 Å². The van der Waals surface area contributed by atoms with E-state index in [1.54, 1.807) is 23.5 Å². The maximum absolute atomic E-state index is 11.6. The largest absolute Gasteiger partial charge is 0.489 e. The Morgan fingerprint density at radius 1 is 1.10 bits per heavy atom. The van der Waals surface area contributed by atoms with Gasteiger partial charge in [0.05, 0.1) is 0 Å². The topological polar surface area (TPSA) is 68.1 Å². The Balaban J connectivity index is 1.54. The van der Waals surface area contributed by atoms with Crippen LogP contribution in [0, 0.1) is 0 Å². The zero-order valence-corrected chi connectivity index (χ0v) is 16.8. The summed E-state index contributed by atoms with van der Waals surface area (Å²) in [5, 5.41) is 15.2. The molecule has 1 heterocycles. The molecule has 2 aromatic carbocycles. The van der Waals surface area contributed by atoms with Crippen LogP contribution in [-0.4, -0.2) is 23.9 Å². The Morgan fingerprint density at radius 3 is 2.66 bits per heavy atom. The van der Waals surface area contributed by atoms with Crippen molar-refractivity contribution in [2.75, 3.05) is 7.11 Å². The van der Waals surface area contributed by atoms with E-state index < -0.39 is 5.97 Å². The number of carboxylic acids is 1. The monoisotopic (exact) mass is 407 g/mol. The molecule has 1 aromatic heterocycles. The number of carboxylic acid groups (broad SMARTS) is 1. The fourth-order valence-electron chi connectivity index (χ4n) is 3.60. The van der Waals surface area contributed by atoms with Crippen molar-refractivity contribution in [2.24, 2.45) is 5.16 Å². The first-order valence-electron chi connectivity index (χ1n) is 9.37. The highest BCUT2D eigenvalue weighted by atomic mass is 32.1. The van der Waals surface area contributed by atoms with Crippen molar-refractivity contribution in [3.63, 3.8) is 0 Å². The molecule has 5 nitrogen and oxygen atoms in total. The molecule has 0 bridgehead atoms. The van der Waals surface area contributed by atoms with Crippen molar-refractivity contribution < 1.29 is 19.5 Å². The zero-order chi connectivity index (χ0) is 20.2. The maximum Gasteiger partial charge on any atom is 0.358 e. The van der Waals surface area contributed by atoms with Crippen LogP contribution in [0.4, 0.5) is 0 Å². The lowest BCUT2D eigenvalue weighted by Gasteiger charge is -2.14. The summed E-state index contributed by atoms with van der Waals surface area (Å²) in [6.07, 6.45) is 1.13. The van der Waals surface area contributed by atoms with Gasteiger partial charge in [-0.2, -0.15) is 0 Å². The molecule has 1 aliphatic rings. The van der Waals surface area contributed by atoms with Crippen LogP contribution >= 0.6 is 11.3 Å². The molecule has 1 N–H and O–H groups in total. The van der Waals surface area contributed by atoms with Crippen LogP contribution < -0.4 is 4.74 Å². The molecule has 6 heteroatoms. The molecule has 0 spiro atoms. The highest BCUT2D eigenvalue weighted by molar-refractivity contribution is 7.10. The van der Waals surface area contributed by atoms with Gasteiger partial charge in [-0.05, 0) is 41.0 Å². The number of carbonyl (C=O) groups is 1. The Kier molecular flexibility index (Phi) is 5.62. The van der Waals surface area contributed by atoms with Crippen LogP contribution in [0.5, 0.6) is 5.75 Å². The third-order valence-electron chi connectivity index (χ3n) is 5.06. The van der Waals surface area contributed by atoms with E-state index in [1.165, 1.54) is 17.6 Å². The van der Waals surface area contributed by atoms with Crippen molar-refractivity contribution in [2.45, 2.75) is 24.9 Å². The highest BCUT2D eigenvalue weighted by Gasteiger charge is 2.41. The standard InChI is InChI=1S/C23H21NO4S/c1-27-24-22(23(25)26)16-8-3-2-7-15(16)14-28-20-10-5-4-9-17(20)18-13-19(18)21-11-6-12-29-21/h2-12,18-19H,13-14H2,1H3,(H,25,26). The zero-order valence-electron chi connectivity index (χ0n) is 15.9. The number of rotatable bonds is 8. The number of ether oxygens (including phenoxy) is 1. The van der Waals surface area contributed by atoms with Crippen LogP contribution in [0.15, 0.2) is 71.2 Å². The van der Waals surface area contributed by atoms with E-state index in [1.807, 2.05) is 30.3 Å². The summed E-state index contributed by atoms with van der Waals surface area (Å²) >= 11 is 1.80. The van der Waals surface area contributed by atoms with Gasteiger partial charge in [0.2, 0.25) is 0 Å². The summed E-state index contributed by atoms with van der Waals surface area (Å²) in [5.41, 5.74) is 2.29. The third kappa shape index (κ3) is 4.17. The average molecular weight is 407 g/mol. The first-order chi connectivity index (χ1) is 14.2. The second-order valence-corrected chi connectivity index (χ2v) is 7.85. The number of nitrogens with zero attached hydrogens (tertiary/aromatic N) is 1. The van der Waals surface area contributed by atoms with Crippen LogP contribution in [0.3, 0.4) is 0 Å². The van der Waals surface area contributed by atoms with E-state index in [0.29, 0.717) is 17.4 Å². The average Bonchev–Trinajstić information content (AvgIpc) is 3.34. The summed E-state index contributed by atoms with van der Waals surface area (Å²) < 4.78 is 6.15. The minimum atomic E-state index is -1.14. The normalized spacial score (nSPS) is 18.3. The van der Waals surface area contributed by atoms with E-state index in [-0.39, 0.29) is 12.3 Å². The molecule has 1 saturated carbocycles. The first-order valence-corrected chi connectivity index (χ1v) is 10.2. The smallest absolute Gasteiger partial charge is 0.358 e. The van der Waals surface area contributed by atoms with E-state index in [0.717, 1.165) is 17.7 Å². The van der Waals surface area contributed by atoms with Crippen LogP contribution in [0.2, 0.25) is 0 Å². The molecule has 2 atom stereocenters. The molecule has 2 unspecified atom stereocenters.